The molecule has 1 fully saturated rings. The molecule has 4 rings (SSSR count). The predicted molar refractivity (Wildman–Crippen MR) is 168 cm³/mol. The van der Waals surface area contributed by atoms with Gasteiger partial charge in [0.2, 0.25) is 5.91 Å². The van der Waals surface area contributed by atoms with Crippen LogP contribution in [0.2, 0.25) is 0 Å². The van der Waals surface area contributed by atoms with E-state index in [0.29, 0.717) is 34.7 Å². The minimum Gasteiger partial charge on any atom is -0.494 e. The highest BCUT2D eigenvalue weighted by molar-refractivity contribution is 6.02. The van der Waals surface area contributed by atoms with E-state index in [1.807, 2.05) is 36.4 Å². The number of aromatic nitrogens is 2. The molecular formula is C31H40N8O2. The van der Waals surface area contributed by atoms with Crippen molar-refractivity contribution in [1.82, 2.24) is 14.9 Å². The molecule has 3 aromatic rings. The third-order valence-electron chi connectivity index (χ3n) is 7.25. The van der Waals surface area contributed by atoms with Crippen LogP contribution in [0.15, 0.2) is 55.4 Å². The minimum absolute atomic E-state index is 0.251. The first-order chi connectivity index (χ1) is 19.7. The first-order valence-electron chi connectivity index (χ1n) is 13.8. The van der Waals surface area contributed by atoms with Gasteiger partial charge in [-0.2, -0.15) is 0 Å². The van der Waals surface area contributed by atoms with Crippen LogP contribution in [-0.2, 0) is 4.79 Å². The topological polar surface area (TPSA) is 118 Å². The molecule has 0 spiro atoms. The van der Waals surface area contributed by atoms with Crippen LogP contribution in [0.1, 0.15) is 32.3 Å². The lowest BCUT2D eigenvalue weighted by molar-refractivity contribution is -0.111. The Labute approximate surface area is 242 Å². The van der Waals surface area contributed by atoms with Crippen LogP contribution in [0.3, 0.4) is 0 Å². The number of rotatable bonds is 11. The SMILES string of the molecule is C=CC(=O)Nc1cc(Nc2cc(-c3ccc(NC(C)C)c(C=N)c3)ncn2)c(OC)cc1N(C)C1CCN(C)CC1. The van der Waals surface area contributed by atoms with Gasteiger partial charge in [0.25, 0.3) is 0 Å². The highest BCUT2D eigenvalue weighted by Gasteiger charge is 2.24. The maximum Gasteiger partial charge on any atom is 0.247 e. The van der Waals surface area contributed by atoms with Crippen molar-refractivity contribution in [2.24, 2.45) is 0 Å². The number of likely N-dealkylation sites (tertiary alicyclic amines) is 1. The summed E-state index contributed by atoms with van der Waals surface area (Å²) < 4.78 is 5.78. The molecule has 2 aromatic carbocycles. The fourth-order valence-electron chi connectivity index (χ4n) is 5.00. The molecule has 2 heterocycles. The van der Waals surface area contributed by atoms with E-state index in [2.05, 4.69) is 70.2 Å². The second kappa shape index (κ2) is 13.3. The molecule has 1 amide bonds. The molecular weight excluding hydrogens is 516 g/mol. The number of nitrogens with one attached hydrogen (secondary N) is 4. The molecule has 216 valence electrons. The van der Waals surface area contributed by atoms with Gasteiger partial charge in [-0.25, -0.2) is 9.97 Å². The Morgan fingerprint density at radius 2 is 1.90 bits per heavy atom. The first-order valence-corrected chi connectivity index (χ1v) is 13.8. The third-order valence-corrected chi connectivity index (χ3v) is 7.25. The minimum atomic E-state index is -0.291. The van der Waals surface area contributed by atoms with E-state index in [1.54, 1.807) is 7.11 Å². The summed E-state index contributed by atoms with van der Waals surface area (Å²) in [6, 6.07) is 12.1. The standard InChI is InChI=1S/C31H40N8O2/c1-7-31(40)37-26-15-27(29(41-6)17-28(26)39(5)23-10-12-38(4)13-11-23)36-30-16-25(33-19-34-30)21-8-9-24(35-20(2)3)22(14-21)18-32/h7-9,14-20,23,32,35H,1,10-13H2,2-6H3,(H,37,40)(H,33,34,36). The Balaban J connectivity index is 1.66. The maximum absolute atomic E-state index is 12.4. The van der Waals surface area contributed by atoms with Crippen LogP contribution in [0.5, 0.6) is 5.75 Å². The number of ether oxygens (including phenoxy) is 1. The van der Waals surface area contributed by atoms with Crippen molar-refractivity contribution >= 4 is 40.7 Å². The molecule has 0 bridgehead atoms. The van der Waals surface area contributed by atoms with Crippen LogP contribution in [0.25, 0.3) is 11.3 Å². The summed E-state index contributed by atoms with van der Waals surface area (Å²) in [6.45, 7) is 9.78. The van der Waals surface area contributed by atoms with Gasteiger partial charge in [-0.3, -0.25) is 4.79 Å². The summed E-state index contributed by atoms with van der Waals surface area (Å²) >= 11 is 0. The van der Waals surface area contributed by atoms with Crippen LogP contribution in [0, 0.1) is 5.41 Å². The Kier molecular flexibility index (Phi) is 9.57. The van der Waals surface area contributed by atoms with E-state index in [9.17, 15) is 4.79 Å². The lowest BCUT2D eigenvalue weighted by Gasteiger charge is -2.37. The van der Waals surface area contributed by atoms with Crippen molar-refractivity contribution in [1.29, 1.82) is 5.41 Å². The number of hydrogen-bond acceptors (Lipinski definition) is 9. The molecule has 0 atom stereocenters. The van der Waals surface area contributed by atoms with Crippen molar-refractivity contribution in [3.63, 3.8) is 0 Å². The number of benzene rings is 2. The zero-order chi connectivity index (χ0) is 29.5. The number of piperidine rings is 1. The number of nitrogens with zero attached hydrogens (tertiary/aromatic N) is 4. The Bertz CT molecular complexity index is 1400. The molecule has 10 nitrogen and oxygen atoms in total. The van der Waals surface area contributed by atoms with Crippen molar-refractivity contribution in [3.8, 4) is 17.0 Å². The third kappa shape index (κ3) is 7.20. The molecule has 0 aliphatic carbocycles. The van der Waals surface area contributed by atoms with Gasteiger partial charge in [0.15, 0.2) is 0 Å². The molecule has 4 N–H and O–H groups in total. The molecule has 1 aliphatic rings. The summed E-state index contributed by atoms with van der Waals surface area (Å²) in [4.78, 5) is 25.8. The number of anilines is 5. The lowest BCUT2D eigenvalue weighted by Crippen LogP contribution is -2.42. The van der Waals surface area contributed by atoms with Gasteiger partial charge >= 0.3 is 0 Å². The van der Waals surface area contributed by atoms with Gasteiger partial charge < -0.3 is 35.9 Å². The second-order valence-electron chi connectivity index (χ2n) is 10.6. The fourth-order valence-corrected chi connectivity index (χ4v) is 5.00. The molecule has 1 aliphatic heterocycles. The lowest BCUT2D eigenvalue weighted by atomic mass is 10.0. The van der Waals surface area contributed by atoms with Crippen LogP contribution >= 0.6 is 0 Å². The number of carbonyl (C=O) groups is 1. The van der Waals surface area contributed by atoms with E-state index in [1.165, 1.54) is 18.6 Å². The summed E-state index contributed by atoms with van der Waals surface area (Å²) in [6.07, 6.45) is 6.15. The normalized spacial score (nSPS) is 13.9. The van der Waals surface area contributed by atoms with Gasteiger partial charge in [-0.1, -0.05) is 12.6 Å². The van der Waals surface area contributed by atoms with Crippen LogP contribution < -0.4 is 25.6 Å². The van der Waals surface area contributed by atoms with Gasteiger partial charge in [-0.15, -0.1) is 0 Å². The molecule has 0 saturated carbocycles. The highest BCUT2D eigenvalue weighted by Crippen LogP contribution is 2.39. The average Bonchev–Trinajstić information content (AvgIpc) is 2.97. The quantitative estimate of drug-likeness (QED) is 0.184. The highest BCUT2D eigenvalue weighted by atomic mass is 16.5. The molecule has 1 aromatic heterocycles. The summed E-state index contributed by atoms with van der Waals surface area (Å²) in [5.74, 6) is 0.888. The smallest absolute Gasteiger partial charge is 0.247 e. The van der Waals surface area contributed by atoms with Crippen LogP contribution in [0.4, 0.5) is 28.6 Å². The van der Waals surface area contributed by atoms with E-state index < -0.39 is 0 Å². The van der Waals surface area contributed by atoms with E-state index in [-0.39, 0.29) is 11.9 Å². The summed E-state index contributed by atoms with van der Waals surface area (Å²) in [7, 11) is 5.82. The first kappa shape index (κ1) is 29.5. The fraction of sp³-hybridized carbons (Fsp3) is 0.355. The Morgan fingerprint density at radius 3 is 2.56 bits per heavy atom. The number of amides is 1. The Morgan fingerprint density at radius 1 is 1.15 bits per heavy atom. The number of methoxy groups -OCH3 is 1. The molecule has 10 heteroatoms. The van der Waals surface area contributed by atoms with Crippen LogP contribution in [-0.4, -0.2) is 73.4 Å². The predicted octanol–water partition coefficient (Wildman–Crippen LogP) is 5.37. The van der Waals surface area contributed by atoms with Gasteiger partial charge in [-0.05, 0) is 71.1 Å². The Hall–Kier alpha value is -4.44. The van der Waals surface area contributed by atoms with Crippen molar-refractivity contribution in [2.45, 2.75) is 38.8 Å². The zero-order valence-corrected chi connectivity index (χ0v) is 24.5. The van der Waals surface area contributed by atoms with Gasteiger partial charge in [0, 0.05) is 54.3 Å². The number of carbonyl (C=O) groups excluding carboxylic acids is 1. The average molecular weight is 557 g/mol. The van der Waals surface area contributed by atoms with E-state index >= 15 is 0 Å². The molecule has 0 unspecified atom stereocenters. The number of hydrogen-bond donors (Lipinski definition) is 4. The maximum atomic E-state index is 12.4. The van der Waals surface area contributed by atoms with Gasteiger partial charge in [0.05, 0.1) is 29.9 Å². The molecule has 0 radical (unpaired) electrons. The van der Waals surface area contributed by atoms with Crippen molar-refractivity contribution in [2.75, 3.05) is 55.1 Å². The largest absolute Gasteiger partial charge is 0.494 e. The second-order valence-corrected chi connectivity index (χ2v) is 10.6. The zero-order valence-electron chi connectivity index (χ0n) is 24.5. The summed E-state index contributed by atoms with van der Waals surface area (Å²) in [5, 5.41) is 17.5. The van der Waals surface area contributed by atoms with E-state index in [4.69, 9.17) is 10.1 Å². The summed E-state index contributed by atoms with van der Waals surface area (Å²) in [5.41, 5.74) is 5.42. The monoisotopic (exact) mass is 556 g/mol. The van der Waals surface area contributed by atoms with E-state index in [0.717, 1.165) is 48.4 Å². The van der Waals surface area contributed by atoms with Crippen molar-refractivity contribution < 1.29 is 9.53 Å². The van der Waals surface area contributed by atoms with Gasteiger partial charge in [0.1, 0.15) is 17.9 Å². The molecule has 41 heavy (non-hydrogen) atoms. The molecule has 1 saturated heterocycles. The van der Waals surface area contributed by atoms with Crippen molar-refractivity contribution in [3.05, 3.63) is 60.9 Å².